The number of carbonyl (C=O) groups excluding carboxylic acids is 5. The maximum atomic E-state index is 12.1. The first-order chi connectivity index (χ1) is 18.2. The van der Waals surface area contributed by atoms with Crippen molar-refractivity contribution in [2.75, 3.05) is 52.1 Å². The Morgan fingerprint density at radius 2 is 1.47 bits per heavy atom. The van der Waals surface area contributed by atoms with Crippen LogP contribution >= 0.6 is 21.6 Å². The predicted molar refractivity (Wildman–Crippen MR) is 143 cm³/mol. The van der Waals surface area contributed by atoms with Crippen LogP contribution in [0.25, 0.3) is 0 Å². The minimum absolute atomic E-state index is 0.0268. The summed E-state index contributed by atoms with van der Waals surface area (Å²) in [4.78, 5) is 59.1. The second-order valence-corrected chi connectivity index (χ2v) is 11.3. The molecule has 1 unspecified atom stereocenters. The number of alkyl carbamates (subject to hydrolysis) is 2. The summed E-state index contributed by atoms with van der Waals surface area (Å²) >= 11 is 0. The average Bonchev–Trinajstić information content (AvgIpc) is 2.91. The van der Waals surface area contributed by atoms with E-state index >= 15 is 0 Å². The molecule has 1 rings (SSSR count). The number of rotatable bonds is 17. The Labute approximate surface area is 231 Å². The molecule has 12 nitrogen and oxygen atoms in total. The van der Waals surface area contributed by atoms with Crippen LogP contribution in [0.5, 0.6) is 0 Å². The number of hydrogen-bond donors (Lipinski definition) is 2. The summed E-state index contributed by atoms with van der Waals surface area (Å²) in [7, 11) is 5.31. The third-order valence-corrected chi connectivity index (χ3v) is 8.21. The summed E-state index contributed by atoms with van der Waals surface area (Å²) in [5, 5.41) is 5.18. The van der Waals surface area contributed by atoms with Crippen LogP contribution < -0.4 is 10.6 Å². The predicted octanol–water partition coefficient (Wildman–Crippen LogP) is 3.22. The van der Waals surface area contributed by atoms with Crippen molar-refractivity contribution in [3.8, 4) is 0 Å². The lowest BCUT2D eigenvalue weighted by atomic mass is 9.72. The van der Waals surface area contributed by atoms with Crippen LogP contribution in [-0.2, 0) is 38.1 Å². The Morgan fingerprint density at radius 3 is 2.05 bits per heavy atom. The van der Waals surface area contributed by atoms with Gasteiger partial charge in [0.2, 0.25) is 0 Å². The third-order valence-electron chi connectivity index (χ3n) is 5.87. The van der Waals surface area contributed by atoms with Gasteiger partial charge in [-0.15, -0.1) is 0 Å². The van der Waals surface area contributed by atoms with Crippen molar-refractivity contribution < 1.29 is 47.7 Å². The summed E-state index contributed by atoms with van der Waals surface area (Å²) in [6.45, 7) is 2.80. The monoisotopic (exact) mass is 580 g/mol. The molecule has 0 saturated heterocycles. The maximum absolute atomic E-state index is 12.1. The highest BCUT2D eigenvalue weighted by Crippen LogP contribution is 2.39. The van der Waals surface area contributed by atoms with E-state index in [4.69, 9.17) is 14.2 Å². The highest BCUT2D eigenvalue weighted by atomic mass is 33.1. The molecule has 0 aromatic carbocycles. The van der Waals surface area contributed by atoms with Crippen LogP contribution in [0.1, 0.15) is 58.3 Å². The van der Waals surface area contributed by atoms with Crippen LogP contribution in [0, 0.1) is 5.41 Å². The van der Waals surface area contributed by atoms with Gasteiger partial charge >= 0.3 is 30.1 Å². The third kappa shape index (κ3) is 14.6. The van der Waals surface area contributed by atoms with Gasteiger partial charge in [0.15, 0.2) is 0 Å². The van der Waals surface area contributed by atoms with Gasteiger partial charge in [-0.25, -0.2) is 14.4 Å². The Kier molecular flexibility index (Phi) is 17.4. The van der Waals surface area contributed by atoms with E-state index in [9.17, 15) is 24.0 Å². The van der Waals surface area contributed by atoms with E-state index in [1.54, 1.807) is 6.92 Å². The molecule has 2 N–H and O–H groups in total. The zero-order valence-corrected chi connectivity index (χ0v) is 24.0. The molecule has 0 aromatic heterocycles. The first kappa shape index (κ1) is 33.7. The van der Waals surface area contributed by atoms with Gasteiger partial charge in [0.25, 0.3) is 0 Å². The minimum atomic E-state index is -1.02. The molecule has 0 radical (unpaired) electrons. The molecule has 0 heterocycles. The second kappa shape index (κ2) is 19.7. The lowest BCUT2D eigenvalue weighted by Crippen LogP contribution is -2.42. The summed E-state index contributed by atoms with van der Waals surface area (Å²) in [5.41, 5.74) is -0.279. The van der Waals surface area contributed by atoms with E-state index in [-0.39, 0.29) is 37.4 Å². The zero-order valence-electron chi connectivity index (χ0n) is 22.4. The van der Waals surface area contributed by atoms with Crippen molar-refractivity contribution in [3.63, 3.8) is 0 Å². The highest BCUT2D eigenvalue weighted by Gasteiger charge is 2.35. The zero-order chi connectivity index (χ0) is 28.2. The smallest absolute Gasteiger partial charge is 0.407 e. The lowest BCUT2D eigenvalue weighted by Gasteiger charge is -2.36. The van der Waals surface area contributed by atoms with Gasteiger partial charge in [0.05, 0.1) is 27.2 Å². The standard InChI is InChI=1S/C24H40N2O10S2/c1-4-34-20(28)16-24(10-6-5-7-11-24)17-25-22(30)35-12-14-37-38-15-13-36-23(31)26-18(21(29)33-3)8-9-19(27)32-2/h18H,4-17H2,1-3H3,(H,25,30)(H,26,31). The normalized spacial score (nSPS) is 14.9. The molecule has 1 aliphatic rings. The molecule has 0 bridgehead atoms. The Morgan fingerprint density at radius 1 is 0.842 bits per heavy atom. The molecule has 14 heteroatoms. The van der Waals surface area contributed by atoms with E-state index in [0.717, 1.165) is 32.1 Å². The summed E-state index contributed by atoms with van der Waals surface area (Å²) in [6, 6.07) is -1.02. The van der Waals surface area contributed by atoms with Gasteiger partial charge in [-0.3, -0.25) is 9.59 Å². The van der Waals surface area contributed by atoms with Gasteiger partial charge in [0, 0.05) is 24.5 Å². The molecule has 0 aromatic rings. The second-order valence-electron chi connectivity index (χ2n) is 8.65. The molecule has 2 amide bonds. The van der Waals surface area contributed by atoms with Crippen LogP contribution in [0.2, 0.25) is 0 Å². The van der Waals surface area contributed by atoms with E-state index < -0.39 is 30.2 Å². The highest BCUT2D eigenvalue weighted by molar-refractivity contribution is 8.76. The fraction of sp³-hybridized carbons (Fsp3) is 0.792. The average molecular weight is 581 g/mol. The number of ether oxygens (including phenoxy) is 5. The van der Waals surface area contributed by atoms with Crippen molar-refractivity contribution in [2.45, 2.75) is 64.3 Å². The van der Waals surface area contributed by atoms with Gasteiger partial charge in [-0.1, -0.05) is 40.9 Å². The molecule has 1 aliphatic carbocycles. The lowest BCUT2D eigenvalue weighted by molar-refractivity contribution is -0.147. The van der Waals surface area contributed by atoms with Gasteiger partial charge in [0.1, 0.15) is 19.3 Å². The van der Waals surface area contributed by atoms with Crippen LogP contribution in [0.15, 0.2) is 0 Å². The minimum Gasteiger partial charge on any atom is -0.469 e. The largest absolute Gasteiger partial charge is 0.469 e. The number of amides is 2. The Bertz CT molecular complexity index is 762. The van der Waals surface area contributed by atoms with Crippen molar-refractivity contribution in [1.29, 1.82) is 0 Å². The van der Waals surface area contributed by atoms with E-state index in [0.29, 0.717) is 31.1 Å². The van der Waals surface area contributed by atoms with Crippen LogP contribution in [0.3, 0.4) is 0 Å². The molecule has 0 spiro atoms. The van der Waals surface area contributed by atoms with E-state index in [1.807, 2.05) is 0 Å². The number of hydrogen-bond acceptors (Lipinski definition) is 12. The van der Waals surface area contributed by atoms with Gasteiger partial charge in [-0.05, 0) is 31.6 Å². The van der Waals surface area contributed by atoms with Gasteiger partial charge in [-0.2, -0.15) is 0 Å². The fourth-order valence-corrected chi connectivity index (χ4v) is 5.59. The van der Waals surface area contributed by atoms with E-state index in [1.165, 1.54) is 35.8 Å². The Balaban J connectivity index is 2.18. The molecule has 218 valence electrons. The quantitative estimate of drug-likeness (QED) is 0.112. The molecule has 38 heavy (non-hydrogen) atoms. The summed E-state index contributed by atoms with van der Waals surface area (Å²) in [6.07, 6.45) is 3.87. The fourth-order valence-electron chi connectivity index (χ4n) is 3.94. The molecule has 0 aliphatic heterocycles. The number of nitrogens with one attached hydrogen (secondary N) is 2. The van der Waals surface area contributed by atoms with Crippen LogP contribution in [0.4, 0.5) is 9.59 Å². The van der Waals surface area contributed by atoms with Crippen molar-refractivity contribution in [1.82, 2.24) is 10.6 Å². The first-order valence-electron chi connectivity index (χ1n) is 12.6. The number of carbonyl (C=O) groups is 5. The van der Waals surface area contributed by atoms with E-state index in [2.05, 4.69) is 20.1 Å². The van der Waals surface area contributed by atoms with Crippen molar-refractivity contribution in [3.05, 3.63) is 0 Å². The molecule has 1 atom stereocenters. The number of esters is 3. The maximum Gasteiger partial charge on any atom is 0.407 e. The number of methoxy groups -OCH3 is 2. The van der Waals surface area contributed by atoms with Crippen molar-refractivity contribution in [2.24, 2.45) is 5.41 Å². The Hall–Kier alpha value is -2.35. The topological polar surface area (TPSA) is 156 Å². The summed E-state index contributed by atoms with van der Waals surface area (Å²) < 4.78 is 24.5. The first-order valence-corrected chi connectivity index (χ1v) is 15.1. The molecule has 1 saturated carbocycles. The molecule has 1 fully saturated rings. The SMILES string of the molecule is CCOC(=O)CC1(CNC(=O)OCCSSCCOC(=O)NC(CCC(=O)OC)C(=O)OC)CCCCC1. The molecular formula is C24H40N2O10S2. The summed E-state index contributed by atoms with van der Waals surface area (Å²) in [5.74, 6) is -0.415. The van der Waals surface area contributed by atoms with Crippen LogP contribution in [-0.4, -0.2) is 88.2 Å². The van der Waals surface area contributed by atoms with Crippen molar-refractivity contribution >= 4 is 51.7 Å². The van der Waals surface area contributed by atoms with Gasteiger partial charge < -0.3 is 34.3 Å². The molecular weight excluding hydrogens is 540 g/mol.